The van der Waals surface area contributed by atoms with E-state index in [1.54, 1.807) is 24.5 Å². The maximum atomic E-state index is 12.3. The summed E-state index contributed by atoms with van der Waals surface area (Å²) in [6.45, 7) is 3.49. The second kappa shape index (κ2) is 9.48. The largest absolute Gasteiger partial charge is 0.373 e. The Morgan fingerprint density at radius 3 is 2.56 bits per heavy atom. The lowest BCUT2D eigenvalue weighted by atomic mass is 10.1. The predicted octanol–water partition coefficient (Wildman–Crippen LogP) is 1.94. The van der Waals surface area contributed by atoms with Crippen LogP contribution in [0.15, 0.2) is 47.6 Å². The first-order valence-corrected chi connectivity index (χ1v) is 10.4. The van der Waals surface area contributed by atoms with Gasteiger partial charge in [0.1, 0.15) is 0 Å². The number of nitrogens with zero attached hydrogens (tertiary/aromatic N) is 2. The van der Waals surface area contributed by atoms with Gasteiger partial charge in [-0.25, -0.2) is 13.6 Å². The van der Waals surface area contributed by atoms with Gasteiger partial charge >= 0.3 is 0 Å². The van der Waals surface area contributed by atoms with Crippen LogP contribution >= 0.6 is 0 Å². The minimum Gasteiger partial charge on any atom is -0.373 e. The highest BCUT2D eigenvalue weighted by molar-refractivity contribution is 7.89. The van der Waals surface area contributed by atoms with Crippen molar-refractivity contribution in [3.8, 4) is 0 Å². The number of unbranched alkanes of at least 4 members (excludes halogenated alkanes) is 1. The zero-order valence-electron chi connectivity index (χ0n) is 15.7. The molecule has 2 aromatic rings. The van der Waals surface area contributed by atoms with E-state index in [1.165, 1.54) is 12.1 Å². The molecule has 0 fully saturated rings. The number of pyridine rings is 1. The first kappa shape index (κ1) is 20.9. The standard InChI is InChI=1S/C19H26N4O3S/c1-3-4-11-23(2)17-12-16(13-21-14-17)19(24)22-10-9-15-5-7-18(8-6-15)27(20,25)26/h5-8,12-14H,3-4,9-11H2,1-2H3,(H,22,24)(H2,20,25,26). The molecule has 7 nitrogen and oxygen atoms in total. The number of hydrogen-bond donors (Lipinski definition) is 2. The van der Waals surface area contributed by atoms with Crippen molar-refractivity contribution in [3.63, 3.8) is 0 Å². The summed E-state index contributed by atoms with van der Waals surface area (Å²) in [4.78, 5) is 18.7. The number of rotatable bonds is 9. The SMILES string of the molecule is CCCCN(C)c1cncc(C(=O)NCCc2ccc(S(N)(=O)=O)cc2)c1. The van der Waals surface area contributed by atoms with Gasteiger partial charge in [-0.15, -0.1) is 0 Å². The van der Waals surface area contributed by atoms with Gasteiger partial charge in [0.25, 0.3) is 5.91 Å². The van der Waals surface area contributed by atoms with E-state index in [1.807, 2.05) is 13.1 Å². The van der Waals surface area contributed by atoms with Crippen molar-refractivity contribution in [2.24, 2.45) is 5.14 Å². The normalized spacial score (nSPS) is 11.2. The zero-order valence-corrected chi connectivity index (χ0v) is 16.5. The van der Waals surface area contributed by atoms with Crippen molar-refractivity contribution < 1.29 is 13.2 Å². The number of hydrogen-bond acceptors (Lipinski definition) is 5. The number of carbonyl (C=O) groups excluding carboxylic acids is 1. The number of carbonyl (C=O) groups is 1. The Hall–Kier alpha value is -2.45. The smallest absolute Gasteiger partial charge is 0.252 e. The molecular formula is C19H26N4O3S. The van der Waals surface area contributed by atoms with Crippen LogP contribution in [0.2, 0.25) is 0 Å². The Kier molecular flexibility index (Phi) is 7.32. The lowest BCUT2D eigenvalue weighted by Gasteiger charge is -2.19. The first-order valence-electron chi connectivity index (χ1n) is 8.87. The molecule has 1 aromatic carbocycles. The maximum absolute atomic E-state index is 12.3. The van der Waals surface area contributed by atoms with Gasteiger partial charge < -0.3 is 10.2 Å². The van der Waals surface area contributed by atoms with E-state index >= 15 is 0 Å². The summed E-state index contributed by atoms with van der Waals surface area (Å²) in [7, 11) is -1.70. The van der Waals surface area contributed by atoms with E-state index in [4.69, 9.17) is 5.14 Å². The fourth-order valence-corrected chi connectivity index (χ4v) is 3.07. The van der Waals surface area contributed by atoms with E-state index in [2.05, 4.69) is 22.1 Å². The van der Waals surface area contributed by atoms with Gasteiger partial charge in [0, 0.05) is 26.3 Å². The van der Waals surface area contributed by atoms with E-state index in [9.17, 15) is 13.2 Å². The molecule has 1 heterocycles. The average Bonchev–Trinajstić information content (AvgIpc) is 2.65. The molecule has 3 N–H and O–H groups in total. The molecule has 2 rings (SSSR count). The molecule has 27 heavy (non-hydrogen) atoms. The molecule has 0 spiro atoms. The third-order valence-corrected chi connectivity index (χ3v) is 5.15. The number of aromatic nitrogens is 1. The Labute approximate surface area is 160 Å². The molecule has 1 aromatic heterocycles. The monoisotopic (exact) mass is 390 g/mol. The highest BCUT2D eigenvalue weighted by Crippen LogP contribution is 2.14. The zero-order chi connectivity index (χ0) is 19.9. The molecule has 8 heteroatoms. The Morgan fingerprint density at radius 1 is 1.22 bits per heavy atom. The minimum atomic E-state index is -3.69. The third-order valence-electron chi connectivity index (χ3n) is 4.22. The van der Waals surface area contributed by atoms with Crippen molar-refractivity contribution in [1.29, 1.82) is 0 Å². The van der Waals surface area contributed by atoms with Crippen LogP contribution < -0.4 is 15.4 Å². The topological polar surface area (TPSA) is 105 Å². The van der Waals surface area contributed by atoms with Gasteiger partial charge in [0.15, 0.2) is 0 Å². The Bertz CT molecular complexity index is 867. The van der Waals surface area contributed by atoms with Crippen LogP contribution in [0.1, 0.15) is 35.7 Å². The van der Waals surface area contributed by atoms with Crippen molar-refractivity contribution in [2.75, 3.05) is 25.0 Å². The number of nitrogens with one attached hydrogen (secondary N) is 1. The van der Waals surface area contributed by atoms with Crippen molar-refractivity contribution >= 4 is 21.6 Å². The molecule has 0 aliphatic rings. The van der Waals surface area contributed by atoms with Crippen LogP contribution in [-0.4, -0.2) is 39.4 Å². The van der Waals surface area contributed by atoms with Crippen LogP contribution in [0.25, 0.3) is 0 Å². The quantitative estimate of drug-likeness (QED) is 0.681. The second-order valence-electron chi connectivity index (χ2n) is 6.40. The predicted molar refractivity (Wildman–Crippen MR) is 106 cm³/mol. The van der Waals surface area contributed by atoms with Gasteiger partial charge in [-0.1, -0.05) is 25.5 Å². The van der Waals surface area contributed by atoms with Crippen LogP contribution in [0.4, 0.5) is 5.69 Å². The lowest BCUT2D eigenvalue weighted by molar-refractivity contribution is 0.0954. The number of sulfonamides is 1. The van der Waals surface area contributed by atoms with E-state index < -0.39 is 10.0 Å². The van der Waals surface area contributed by atoms with Crippen molar-refractivity contribution in [2.45, 2.75) is 31.1 Å². The molecule has 146 valence electrons. The molecule has 0 bridgehead atoms. The van der Waals surface area contributed by atoms with Crippen LogP contribution in [0.5, 0.6) is 0 Å². The summed E-state index contributed by atoms with van der Waals surface area (Å²) in [6, 6.07) is 8.14. The second-order valence-corrected chi connectivity index (χ2v) is 7.96. The Balaban J connectivity index is 1.90. The van der Waals surface area contributed by atoms with Crippen LogP contribution in [0, 0.1) is 0 Å². The van der Waals surface area contributed by atoms with Crippen LogP contribution in [0.3, 0.4) is 0 Å². The van der Waals surface area contributed by atoms with Crippen LogP contribution in [-0.2, 0) is 16.4 Å². The highest BCUT2D eigenvalue weighted by atomic mass is 32.2. The van der Waals surface area contributed by atoms with Gasteiger partial charge in [0.2, 0.25) is 10.0 Å². The van der Waals surface area contributed by atoms with Gasteiger partial charge in [0.05, 0.1) is 22.3 Å². The molecule has 0 saturated heterocycles. The number of nitrogens with two attached hydrogens (primary N) is 1. The summed E-state index contributed by atoms with van der Waals surface area (Å²) in [5.74, 6) is -0.186. The molecule has 0 aliphatic heterocycles. The maximum Gasteiger partial charge on any atom is 0.252 e. The fraction of sp³-hybridized carbons (Fsp3) is 0.368. The molecule has 0 unspecified atom stereocenters. The summed E-state index contributed by atoms with van der Waals surface area (Å²) in [5, 5.41) is 7.94. The fourth-order valence-electron chi connectivity index (χ4n) is 2.55. The molecule has 0 radical (unpaired) electrons. The van der Waals surface area contributed by atoms with E-state index in [0.29, 0.717) is 18.5 Å². The van der Waals surface area contributed by atoms with E-state index in [-0.39, 0.29) is 10.8 Å². The minimum absolute atomic E-state index is 0.0744. The lowest BCUT2D eigenvalue weighted by Crippen LogP contribution is -2.26. The molecular weight excluding hydrogens is 364 g/mol. The van der Waals surface area contributed by atoms with Gasteiger partial charge in [-0.2, -0.15) is 0 Å². The molecule has 0 atom stereocenters. The average molecular weight is 391 g/mol. The number of amides is 1. The molecule has 0 aliphatic carbocycles. The number of anilines is 1. The third kappa shape index (κ3) is 6.33. The Morgan fingerprint density at radius 2 is 1.93 bits per heavy atom. The summed E-state index contributed by atoms with van der Waals surface area (Å²) >= 11 is 0. The van der Waals surface area contributed by atoms with Crippen molar-refractivity contribution in [3.05, 3.63) is 53.9 Å². The van der Waals surface area contributed by atoms with Gasteiger partial charge in [-0.05, 0) is 36.6 Å². The highest BCUT2D eigenvalue weighted by Gasteiger charge is 2.10. The molecule has 0 saturated carbocycles. The summed E-state index contributed by atoms with van der Waals surface area (Å²) in [5.41, 5.74) is 2.34. The van der Waals surface area contributed by atoms with Crippen molar-refractivity contribution in [1.82, 2.24) is 10.3 Å². The first-order chi connectivity index (χ1) is 12.8. The molecule has 1 amide bonds. The summed E-state index contributed by atoms with van der Waals surface area (Å²) < 4.78 is 22.5. The van der Waals surface area contributed by atoms with E-state index in [0.717, 1.165) is 30.6 Å². The van der Waals surface area contributed by atoms with Gasteiger partial charge in [-0.3, -0.25) is 9.78 Å². The number of primary sulfonamides is 1. The number of benzene rings is 1. The summed E-state index contributed by atoms with van der Waals surface area (Å²) in [6.07, 6.45) is 6.07.